The molecule has 0 radical (unpaired) electrons. The van der Waals surface area contributed by atoms with E-state index in [1.165, 1.54) is 0 Å². The number of anilines is 2. The van der Waals surface area contributed by atoms with Gasteiger partial charge in [-0.3, -0.25) is 4.79 Å². The van der Waals surface area contributed by atoms with E-state index in [2.05, 4.69) is 15.3 Å². The maximum atomic E-state index is 13.1. The molecule has 7 N–H and O–H groups in total. The molecule has 0 bridgehead atoms. The van der Waals surface area contributed by atoms with Gasteiger partial charge in [0.05, 0.1) is 32.2 Å². The van der Waals surface area contributed by atoms with Gasteiger partial charge in [0, 0.05) is 12.8 Å². The van der Waals surface area contributed by atoms with Gasteiger partial charge in [-0.1, -0.05) is 35.9 Å². The van der Waals surface area contributed by atoms with Gasteiger partial charge in [-0.25, -0.2) is 19.6 Å². The standard InChI is InChI=1S/C32H39ClN6O7/c33-29-31(35)38-30(34)28(37-29)32(44)36-23-6-3-17-39(18-23,15-1-4-21-7-11-24(12-8-21)45-19-26(40)41)16-2-5-22-9-13-25(14-10-22)46-20-27(42)43/h7-14,23H,1-6,15-20H2,(H6-,34,35,36,38,40,41,42,43,44)/p+1. The summed E-state index contributed by atoms with van der Waals surface area (Å²) in [5, 5.41) is 20.7. The average Bonchev–Trinajstić information content (AvgIpc) is 3.02. The second-order valence-electron chi connectivity index (χ2n) is 11.5. The Morgan fingerprint density at radius 1 is 0.848 bits per heavy atom. The van der Waals surface area contributed by atoms with E-state index in [1.54, 1.807) is 24.3 Å². The fourth-order valence-corrected chi connectivity index (χ4v) is 5.98. The summed E-state index contributed by atoms with van der Waals surface area (Å²) in [4.78, 5) is 42.7. The Bertz CT molecular complexity index is 1440. The zero-order chi connectivity index (χ0) is 33.1. The molecule has 2 aromatic carbocycles. The maximum absolute atomic E-state index is 13.1. The summed E-state index contributed by atoms with van der Waals surface area (Å²) in [6, 6.07) is 14.8. The number of amides is 1. The summed E-state index contributed by atoms with van der Waals surface area (Å²) < 4.78 is 11.3. The van der Waals surface area contributed by atoms with Gasteiger partial charge in [-0.15, -0.1) is 0 Å². The van der Waals surface area contributed by atoms with E-state index >= 15 is 0 Å². The molecule has 1 amide bonds. The first-order chi connectivity index (χ1) is 22.0. The Morgan fingerprint density at radius 2 is 1.37 bits per heavy atom. The Balaban J connectivity index is 1.40. The van der Waals surface area contributed by atoms with Crippen LogP contribution in [-0.2, 0) is 22.4 Å². The number of quaternary nitrogens is 1. The van der Waals surface area contributed by atoms with Crippen molar-refractivity contribution in [3.05, 3.63) is 70.5 Å². The van der Waals surface area contributed by atoms with Crippen molar-refractivity contribution in [2.75, 3.05) is 50.9 Å². The van der Waals surface area contributed by atoms with Gasteiger partial charge in [0.25, 0.3) is 5.91 Å². The van der Waals surface area contributed by atoms with Crippen molar-refractivity contribution >= 4 is 41.1 Å². The topological polar surface area (TPSA) is 200 Å². The second kappa shape index (κ2) is 16.1. The average molecular weight is 656 g/mol. The normalized spacial score (nSPS) is 15.5. The zero-order valence-electron chi connectivity index (χ0n) is 25.5. The first-order valence-corrected chi connectivity index (χ1v) is 15.5. The molecule has 4 rings (SSSR count). The smallest absolute Gasteiger partial charge is 0.341 e. The molecule has 246 valence electrons. The van der Waals surface area contributed by atoms with Gasteiger partial charge >= 0.3 is 11.9 Å². The minimum Gasteiger partial charge on any atom is -0.482 e. The summed E-state index contributed by atoms with van der Waals surface area (Å²) in [7, 11) is 0. The molecule has 13 nitrogen and oxygen atoms in total. The van der Waals surface area contributed by atoms with Crippen molar-refractivity contribution in [1.29, 1.82) is 0 Å². The van der Waals surface area contributed by atoms with Gasteiger partial charge < -0.3 is 41.0 Å². The number of carboxylic acids is 2. The van der Waals surface area contributed by atoms with Crippen molar-refractivity contribution in [3.63, 3.8) is 0 Å². The van der Waals surface area contributed by atoms with E-state index < -0.39 is 17.8 Å². The number of carbonyl (C=O) groups is 3. The number of hydrogen-bond donors (Lipinski definition) is 5. The first-order valence-electron chi connectivity index (χ1n) is 15.1. The van der Waals surface area contributed by atoms with Crippen LogP contribution in [0.3, 0.4) is 0 Å². The molecule has 0 saturated carbocycles. The molecular formula is C32H40ClN6O7+. The minimum absolute atomic E-state index is 0.0334. The molecule has 0 spiro atoms. The van der Waals surface area contributed by atoms with Crippen LogP contribution in [0.2, 0.25) is 5.15 Å². The van der Waals surface area contributed by atoms with Crippen molar-refractivity contribution < 1.29 is 38.6 Å². The molecule has 1 aromatic heterocycles. The van der Waals surface area contributed by atoms with Crippen molar-refractivity contribution in [3.8, 4) is 11.5 Å². The van der Waals surface area contributed by atoms with E-state index in [0.717, 1.165) is 80.3 Å². The van der Waals surface area contributed by atoms with Crippen LogP contribution in [0.15, 0.2) is 48.5 Å². The van der Waals surface area contributed by atoms with E-state index in [0.29, 0.717) is 11.5 Å². The van der Waals surface area contributed by atoms with Gasteiger partial charge in [0.2, 0.25) is 0 Å². The SMILES string of the molecule is Nc1nc(N)c(C(=O)NC2CCC[N+](CCCc3ccc(OCC(=O)O)cc3)(CCCc3ccc(OCC(=O)O)cc3)C2)nc1Cl. The van der Waals surface area contributed by atoms with E-state index in [9.17, 15) is 14.4 Å². The number of aryl methyl sites for hydroxylation is 2. The third-order valence-corrected chi connectivity index (χ3v) is 8.29. The molecule has 1 unspecified atom stereocenters. The molecule has 0 aliphatic carbocycles. The number of benzene rings is 2. The molecule has 3 aromatic rings. The number of nitrogens with zero attached hydrogens (tertiary/aromatic N) is 3. The number of piperidine rings is 1. The molecule has 2 heterocycles. The third-order valence-electron chi connectivity index (χ3n) is 8.02. The van der Waals surface area contributed by atoms with Gasteiger partial charge in [-0.05, 0) is 61.1 Å². The fourth-order valence-electron chi connectivity index (χ4n) is 5.85. The Labute approximate surface area is 272 Å². The van der Waals surface area contributed by atoms with Crippen LogP contribution >= 0.6 is 11.6 Å². The minimum atomic E-state index is -1.02. The Kier molecular flexibility index (Phi) is 12.0. The number of carbonyl (C=O) groups excluding carboxylic acids is 1. The number of aliphatic carboxylic acids is 2. The number of nitrogens with one attached hydrogen (secondary N) is 1. The van der Waals surface area contributed by atoms with Crippen LogP contribution in [0, 0.1) is 0 Å². The number of nitrogens with two attached hydrogens (primary N) is 2. The van der Waals surface area contributed by atoms with Crippen molar-refractivity contribution in [2.24, 2.45) is 0 Å². The number of carboxylic acid groups (broad SMARTS) is 2. The molecule has 46 heavy (non-hydrogen) atoms. The lowest BCUT2D eigenvalue weighted by Crippen LogP contribution is -2.60. The number of aromatic nitrogens is 2. The van der Waals surface area contributed by atoms with Gasteiger partial charge in [0.15, 0.2) is 35.7 Å². The second-order valence-corrected chi connectivity index (χ2v) is 11.9. The summed E-state index contributed by atoms with van der Waals surface area (Å²) in [6.07, 6.45) is 5.25. The first kappa shape index (κ1) is 34.3. The quantitative estimate of drug-likeness (QED) is 0.142. The number of rotatable bonds is 16. The highest BCUT2D eigenvalue weighted by Gasteiger charge is 2.35. The largest absolute Gasteiger partial charge is 0.482 e. The van der Waals surface area contributed by atoms with Crippen LogP contribution in [0.5, 0.6) is 11.5 Å². The van der Waals surface area contributed by atoms with Crippen molar-refractivity contribution in [1.82, 2.24) is 15.3 Å². The lowest BCUT2D eigenvalue weighted by atomic mass is 9.99. The number of ether oxygens (including phenoxy) is 2. The predicted octanol–water partition coefficient (Wildman–Crippen LogP) is 3.20. The fraction of sp³-hybridized carbons (Fsp3) is 0.406. The number of nitrogen functional groups attached to an aromatic ring is 2. The lowest BCUT2D eigenvalue weighted by molar-refractivity contribution is -0.933. The van der Waals surface area contributed by atoms with Gasteiger partial charge in [0.1, 0.15) is 11.5 Å². The Morgan fingerprint density at radius 3 is 1.87 bits per heavy atom. The highest BCUT2D eigenvalue weighted by atomic mass is 35.5. The summed E-state index contributed by atoms with van der Waals surface area (Å²) in [6.45, 7) is 2.76. The third kappa shape index (κ3) is 10.2. The van der Waals surface area contributed by atoms with Crippen LogP contribution in [0.4, 0.5) is 11.6 Å². The van der Waals surface area contributed by atoms with Crippen LogP contribution in [0.1, 0.15) is 47.3 Å². The van der Waals surface area contributed by atoms with Crippen LogP contribution in [-0.4, -0.2) is 87.9 Å². The molecule has 1 fully saturated rings. The number of likely N-dealkylation sites (tertiary alicyclic amines) is 1. The predicted molar refractivity (Wildman–Crippen MR) is 172 cm³/mol. The van der Waals surface area contributed by atoms with E-state index in [1.807, 2.05) is 24.3 Å². The highest BCUT2D eigenvalue weighted by Crippen LogP contribution is 2.25. The molecular weight excluding hydrogens is 616 g/mol. The monoisotopic (exact) mass is 655 g/mol. The number of hydrogen-bond acceptors (Lipinski definition) is 9. The van der Waals surface area contributed by atoms with E-state index in [4.69, 9.17) is 42.8 Å². The zero-order valence-corrected chi connectivity index (χ0v) is 26.2. The summed E-state index contributed by atoms with van der Waals surface area (Å²) in [5.74, 6) is -1.57. The van der Waals surface area contributed by atoms with Crippen LogP contribution < -0.4 is 26.3 Å². The molecule has 1 atom stereocenters. The number of halogens is 1. The lowest BCUT2D eigenvalue weighted by Gasteiger charge is -2.45. The molecule has 1 aliphatic rings. The summed E-state index contributed by atoms with van der Waals surface area (Å²) >= 11 is 6.01. The molecule has 1 saturated heterocycles. The summed E-state index contributed by atoms with van der Waals surface area (Å²) in [5.41, 5.74) is 13.8. The van der Waals surface area contributed by atoms with Crippen molar-refractivity contribution in [2.45, 2.75) is 44.6 Å². The van der Waals surface area contributed by atoms with E-state index in [-0.39, 0.29) is 41.7 Å². The maximum Gasteiger partial charge on any atom is 0.341 e. The van der Waals surface area contributed by atoms with Crippen LogP contribution in [0.25, 0.3) is 0 Å². The Hall–Kier alpha value is -4.62. The molecule has 14 heteroatoms. The van der Waals surface area contributed by atoms with Gasteiger partial charge in [-0.2, -0.15) is 0 Å². The molecule has 1 aliphatic heterocycles. The highest BCUT2D eigenvalue weighted by molar-refractivity contribution is 6.31.